The Balaban J connectivity index is 3.74. The minimum atomic E-state index is -3.16. The Morgan fingerprint density at radius 3 is 2.44 bits per heavy atom. The summed E-state index contributed by atoms with van der Waals surface area (Å²) in [6.07, 6.45) is 1.04. The molecule has 0 unspecified atom stereocenters. The topological polar surface area (TPSA) is 69.6 Å². The number of aliphatic hydroxyl groups is 1. The van der Waals surface area contributed by atoms with Crippen LogP contribution in [0, 0.1) is 0 Å². The highest BCUT2D eigenvalue weighted by molar-refractivity contribution is 7.89. The number of likely N-dealkylation sites (N-methyl/N-ethyl adjacent to an activating group) is 1. The standard InChI is InChI=1S/C10H24N2O3S/c1-10(2)12(3)7-6-11-16(14,15)9-5-4-8-13/h10-11,13H,4-9H2,1-3H3. The summed E-state index contributed by atoms with van der Waals surface area (Å²) < 4.78 is 25.4. The Morgan fingerprint density at radius 2 is 1.94 bits per heavy atom. The molecule has 0 bridgehead atoms. The van der Waals surface area contributed by atoms with Gasteiger partial charge >= 0.3 is 0 Å². The zero-order chi connectivity index (χ0) is 12.6. The predicted octanol–water partition coefficient (Wildman–Crippen LogP) is 0.0185. The van der Waals surface area contributed by atoms with Crippen molar-refractivity contribution in [1.82, 2.24) is 9.62 Å². The molecule has 0 aromatic rings. The van der Waals surface area contributed by atoms with Gasteiger partial charge in [0.25, 0.3) is 0 Å². The van der Waals surface area contributed by atoms with Crippen LogP contribution < -0.4 is 4.72 Å². The van der Waals surface area contributed by atoms with E-state index in [0.717, 1.165) is 0 Å². The predicted molar refractivity (Wildman–Crippen MR) is 65.9 cm³/mol. The Hall–Kier alpha value is -0.170. The van der Waals surface area contributed by atoms with Gasteiger partial charge in [-0.15, -0.1) is 0 Å². The number of sulfonamides is 1. The summed E-state index contributed by atoms with van der Waals surface area (Å²) in [7, 11) is -1.20. The van der Waals surface area contributed by atoms with Crippen LogP contribution in [0.15, 0.2) is 0 Å². The summed E-state index contributed by atoms with van der Waals surface area (Å²) in [5.41, 5.74) is 0. The lowest BCUT2D eigenvalue weighted by atomic mass is 10.3. The van der Waals surface area contributed by atoms with Crippen LogP contribution in [0.2, 0.25) is 0 Å². The smallest absolute Gasteiger partial charge is 0.211 e. The number of aliphatic hydroxyl groups excluding tert-OH is 1. The lowest BCUT2D eigenvalue weighted by Crippen LogP contribution is -2.36. The molecule has 0 atom stereocenters. The quantitative estimate of drug-likeness (QED) is 0.568. The molecular weight excluding hydrogens is 228 g/mol. The molecule has 0 heterocycles. The Morgan fingerprint density at radius 1 is 1.31 bits per heavy atom. The third-order valence-corrected chi connectivity index (χ3v) is 3.96. The Bertz CT molecular complexity index is 265. The van der Waals surface area contributed by atoms with Gasteiger partial charge in [0.05, 0.1) is 5.75 Å². The number of hydrogen-bond donors (Lipinski definition) is 2. The van der Waals surface area contributed by atoms with Gasteiger partial charge in [0.1, 0.15) is 0 Å². The zero-order valence-corrected chi connectivity index (χ0v) is 11.3. The maximum atomic E-state index is 11.4. The Labute approximate surface area is 98.9 Å². The van der Waals surface area contributed by atoms with E-state index in [2.05, 4.69) is 23.5 Å². The molecule has 0 saturated carbocycles. The molecule has 0 aliphatic carbocycles. The minimum Gasteiger partial charge on any atom is -0.396 e. The molecule has 0 aliphatic heterocycles. The first-order valence-corrected chi connectivity index (χ1v) is 7.32. The van der Waals surface area contributed by atoms with Gasteiger partial charge in [-0.25, -0.2) is 13.1 Å². The van der Waals surface area contributed by atoms with Crippen molar-refractivity contribution in [2.24, 2.45) is 0 Å². The van der Waals surface area contributed by atoms with Crippen molar-refractivity contribution >= 4 is 10.0 Å². The molecule has 2 N–H and O–H groups in total. The molecule has 0 aromatic carbocycles. The van der Waals surface area contributed by atoms with Crippen LogP contribution in [0.5, 0.6) is 0 Å². The van der Waals surface area contributed by atoms with E-state index in [-0.39, 0.29) is 12.4 Å². The molecule has 98 valence electrons. The maximum Gasteiger partial charge on any atom is 0.211 e. The molecule has 16 heavy (non-hydrogen) atoms. The molecule has 0 fully saturated rings. The fraction of sp³-hybridized carbons (Fsp3) is 1.00. The van der Waals surface area contributed by atoms with Crippen molar-refractivity contribution in [3.05, 3.63) is 0 Å². The van der Waals surface area contributed by atoms with Crippen LogP contribution in [-0.2, 0) is 10.0 Å². The van der Waals surface area contributed by atoms with Crippen molar-refractivity contribution in [1.29, 1.82) is 0 Å². The van der Waals surface area contributed by atoms with Gasteiger partial charge in [0.2, 0.25) is 10.0 Å². The zero-order valence-electron chi connectivity index (χ0n) is 10.4. The lowest BCUT2D eigenvalue weighted by Gasteiger charge is -2.20. The first-order chi connectivity index (χ1) is 7.39. The van der Waals surface area contributed by atoms with Crippen LogP contribution in [0.3, 0.4) is 0 Å². The van der Waals surface area contributed by atoms with Gasteiger partial charge in [-0.1, -0.05) is 0 Å². The summed E-state index contributed by atoms with van der Waals surface area (Å²) >= 11 is 0. The lowest BCUT2D eigenvalue weighted by molar-refractivity contribution is 0.278. The minimum absolute atomic E-state index is 0.0472. The van der Waals surface area contributed by atoms with Crippen molar-refractivity contribution in [3.63, 3.8) is 0 Å². The van der Waals surface area contributed by atoms with Gasteiger partial charge in [0.15, 0.2) is 0 Å². The average Bonchev–Trinajstić information content (AvgIpc) is 2.17. The summed E-state index contributed by atoms with van der Waals surface area (Å²) in [6, 6.07) is 0.416. The summed E-state index contributed by atoms with van der Waals surface area (Å²) in [5, 5.41) is 8.55. The number of rotatable bonds is 9. The van der Waals surface area contributed by atoms with Gasteiger partial charge in [0, 0.05) is 25.7 Å². The molecular formula is C10H24N2O3S. The first kappa shape index (κ1) is 15.8. The van der Waals surface area contributed by atoms with E-state index in [0.29, 0.717) is 32.0 Å². The van der Waals surface area contributed by atoms with Gasteiger partial charge in [-0.3, -0.25) is 0 Å². The van der Waals surface area contributed by atoms with Crippen molar-refractivity contribution in [2.45, 2.75) is 32.7 Å². The molecule has 0 rings (SSSR count). The summed E-state index contributed by atoms with van der Waals surface area (Å²) in [6.45, 7) is 5.32. The van der Waals surface area contributed by atoms with E-state index in [9.17, 15) is 8.42 Å². The van der Waals surface area contributed by atoms with Crippen molar-refractivity contribution < 1.29 is 13.5 Å². The summed E-state index contributed by atoms with van der Waals surface area (Å²) in [5.74, 6) is 0.0962. The second-order valence-corrected chi connectivity index (χ2v) is 6.14. The van der Waals surface area contributed by atoms with Crippen LogP contribution in [0.25, 0.3) is 0 Å². The van der Waals surface area contributed by atoms with E-state index >= 15 is 0 Å². The molecule has 6 heteroatoms. The van der Waals surface area contributed by atoms with Crippen LogP contribution in [-0.4, -0.2) is 57.0 Å². The fourth-order valence-corrected chi connectivity index (χ4v) is 2.24. The molecule has 0 aromatic heterocycles. The largest absolute Gasteiger partial charge is 0.396 e. The van der Waals surface area contributed by atoms with Crippen LogP contribution in [0.4, 0.5) is 0 Å². The monoisotopic (exact) mass is 252 g/mol. The highest BCUT2D eigenvalue weighted by Gasteiger charge is 2.10. The van der Waals surface area contributed by atoms with Gasteiger partial charge < -0.3 is 10.0 Å². The van der Waals surface area contributed by atoms with E-state index < -0.39 is 10.0 Å². The molecule has 0 spiro atoms. The molecule has 0 saturated heterocycles. The Kier molecular flexibility index (Phi) is 7.91. The van der Waals surface area contributed by atoms with Crippen LogP contribution in [0.1, 0.15) is 26.7 Å². The third-order valence-electron chi connectivity index (χ3n) is 2.49. The van der Waals surface area contributed by atoms with Gasteiger partial charge in [-0.05, 0) is 33.7 Å². The van der Waals surface area contributed by atoms with Crippen molar-refractivity contribution in [3.8, 4) is 0 Å². The number of nitrogens with one attached hydrogen (secondary N) is 1. The SMILES string of the molecule is CC(C)N(C)CCNS(=O)(=O)CCCCO. The fourth-order valence-electron chi connectivity index (χ4n) is 1.11. The number of unbranched alkanes of at least 4 members (excludes halogenated alkanes) is 1. The maximum absolute atomic E-state index is 11.4. The highest BCUT2D eigenvalue weighted by Crippen LogP contribution is 1.95. The average molecular weight is 252 g/mol. The molecule has 0 aliphatic rings. The second kappa shape index (κ2) is 8.00. The van der Waals surface area contributed by atoms with E-state index in [4.69, 9.17) is 5.11 Å². The molecule has 0 radical (unpaired) electrons. The molecule has 5 nitrogen and oxygen atoms in total. The third kappa shape index (κ3) is 8.04. The highest BCUT2D eigenvalue weighted by atomic mass is 32.2. The normalized spacial score (nSPS) is 12.6. The first-order valence-electron chi connectivity index (χ1n) is 5.67. The van der Waals surface area contributed by atoms with Crippen LogP contribution >= 0.6 is 0 Å². The molecule has 0 amide bonds. The summed E-state index contributed by atoms with van der Waals surface area (Å²) in [4.78, 5) is 2.08. The number of nitrogens with zero attached hydrogens (tertiary/aromatic N) is 1. The van der Waals surface area contributed by atoms with Crippen molar-refractivity contribution in [2.75, 3.05) is 32.5 Å². The second-order valence-electron chi connectivity index (χ2n) is 4.22. The van der Waals surface area contributed by atoms with E-state index in [1.807, 2.05) is 7.05 Å². The van der Waals surface area contributed by atoms with Gasteiger partial charge in [-0.2, -0.15) is 0 Å². The number of hydrogen-bond acceptors (Lipinski definition) is 4. The van der Waals surface area contributed by atoms with E-state index in [1.165, 1.54) is 0 Å². The van der Waals surface area contributed by atoms with E-state index in [1.54, 1.807) is 0 Å².